The Morgan fingerprint density at radius 1 is 1.25 bits per heavy atom. The molecule has 1 aliphatic carbocycles. The van der Waals surface area contributed by atoms with E-state index in [1.807, 2.05) is 0 Å². The van der Waals surface area contributed by atoms with Gasteiger partial charge in [0.25, 0.3) is 0 Å². The topological polar surface area (TPSA) is 106 Å². The summed E-state index contributed by atoms with van der Waals surface area (Å²) in [6.45, 7) is 6.56. The van der Waals surface area contributed by atoms with Crippen molar-refractivity contribution in [3.63, 3.8) is 0 Å². The highest BCUT2D eigenvalue weighted by Crippen LogP contribution is 2.55. The number of rotatable bonds is 4. The van der Waals surface area contributed by atoms with E-state index in [-0.39, 0.29) is 17.1 Å². The number of nitrogens with one attached hydrogen (secondary N) is 2. The van der Waals surface area contributed by atoms with E-state index in [1.165, 1.54) is 24.3 Å². The van der Waals surface area contributed by atoms with Gasteiger partial charge in [0.05, 0.1) is 28.5 Å². The van der Waals surface area contributed by atoms with Crippen molar-refractivity contribution in [1.82, 2.24) is 5.32 Å². The van der Waals surface area contributed by atoms with Gasteiger partial charge < -0.3 is 10.6 Å². The number of benzene rings is 1. The summed E-state index contributed by atoms with van der Waals surface area (Å²) in [5, 5.41) is 25.5. The van der Waals surface area contributed by atoms with Gasteiger partial charge in [-0.15, -0.1) is 0 Å². The van der Waals surface area contributed by atoms with Gasteiger partial charge in [-0.3, -0.25) is 9.59 Å². The summed E-state index contributed by atoms with van der Waals surface area (Å²) in [5.74, 6) is -1.65. The number of hydrogen-bond donors (Lipinski definition) is 2. The molecule has 8 heteroatoms. The molecule has 1 fully saturated rings. The molecule has 168 valence electrons. The van der Waals surface area contributed by atoms with Crippen LogP contribution >= 0.6 is 11.8 Å². The van der Waals surface area contributed by atoms with E-state index in [1.54, 1.807) is 0 Å². The predicted molar refractivity (Wildman–Crippen MR) is 121 cm³/mol. The van der Waals surface area contributed by atoms with Gasteiger partial charge in [-0.25, -0.2) is 4.39 Å². The Morgan fingerprint density at radius 2 is 1.88 bits per heavy atom. The lowest BCUT2D eigenvalue weighted by atomic mass is 9.56. The maximum atomic E-state index is 13.0. The third-order valence-corrected chi connectivity index (χ3v) is 7.60. The number of thioether (sulfide) groups is 1. The van der Waals surface area contributed by atoms with Crippen molar-refractivity contribution in [1.29, 1.82) is 10.5 Å². The molecule has 1 aromatic carbocycles. The van der Waals surface area contributed by atoms with E-state index >= 15 is 0 Å². The molecule has 0 aromatic heterocycles. The second kappa shape index (κ2) is 9.34. The lowest BCUT2D eigenvalue weighted by Crippen LogP contribution is -2.49. The van der Waals surface area contributed by atoms with Crippen LogP contribution in [0.15, 0.2) is 34.9 Å². The third-order valence-electron chi connectivity index (χ3n) is 6.60. The Hall–Kier alpha value is -2.84. The molecule has 0 unspecified atom stereocenters. The summed E-state index contributed by atoms with van der Waals surface area (Å²) in [4.78, 5) is 25.2. The minimum absolute atomic E-state index is 0.0317. The van der Waals surface area contributed by atoms with E-state index < -0.39 is 23.1 Å². The molecule has 2 amide bonds. The number of hydrogen-bond acceptors (Lipinski definition) is 5. The van der Waals surface area contributed by atoms with Crippen LogP contribution in [0.5, 0.6) is 0 Å². The summed E-state index contributed by atoms with van der Waals surface area (Å²) < 4.78 is 13.0. The van der Waals surface area contributed by atoms with E-state index in [9.17, 15) is 24.5 Å². The van der Waals surface area contributed by atoms with Crippen molar-refractivity contribution in [2.24, 2.45) is 22.7 Å². The highest BCUT2D eigenvalue weighted by Gasteiger charge is 2.53. The van der Waals surface area contributed by atoms with Crippen LogP contribution in [0.25, 0.3) is 0 Å². The van der Waals surface area contributed by atoms with Crippen LogP contribution in [0.1, 0.15) is 46.5 Å². The average molecular weight is 455 g/mol. The van der Waals surface area contributed by atoms with Gasteiger partial charge in [-0.2, -0.15) is 10.5 Å². The molecule has 0 radical (unpaired) electrons. The zero-order valence-corrected chi connectivity index (χ0v) is 19.3. The monoisotopic (exact) mass is 454 g/mol. The molecule has 0 bridgehead atoms. The van der Waals surface area contributed by atoms with Crippen molar-refractivity contribution < 1.29 is 14.0 Å². The maximum absolute atomic E-state index is 13.0. The van der Waals surface area contributed by atoms with E-state index in [0.717, 1.165) is 24.6 Å². The molecule has 1 atom stereocenters. The van der Waals surface area contributed by atoms with Crippen molar-refractivity contribution in [3.8, 4) is 12.1 Å². The SMILES string of the molecule is CC(C)(C)C1CCC2(CC1)C(C#N)=C(SCC(=O)Nc1ccc(F)cc1)NC(=O)[C@H]2C#N. The summed E-state index contributed by atoms with van der Waals surface area (Å²) in [6, 6.07) is 9.81. The number of nitrogens with zero attached hydrogens (tertiary/aromatic N) is 2. The molecular formula is C24H27FN4O2S. The van der Waals surface area contributed by atoms with Crippen molar-refractivity contribution in [3.05, 3.63) is 40.7 Å². The fourth-order valence-corrected chi connectivity index (χ4v) is 5.64. The molecule has 1 spiro atoms. The third kappa shape index (κ3) is 4.81. The Balaban J connectivity index is 1.80. The van der Waals surface area contributed by atoms with Crippen LogP contribution in [0.4, 0.5) is 10.1 Å². The minimum Gasteiger partial charge on any atom is -0.325 e. The molecule has 2 aliphatic rings. The number of allylic oxidation sites excluding steroid dienone is 1. The fraction of sp³-hybridized carbons (Fsp3) is 0.500. The van der Waals surface area contributed by atoms with Crippen molar-refractivity contribution >= 4 is 29.3 Å². The first-order chi connectivity index (χ1) is 15.1. The van der Waals surface area contributed by atoms with Crippen LogP contribution in [0.2, 0.25) is 0 Å². The predicted octanol–water partition coefficient (Wildman–Crippen LogP) is 4.72. The molecule has 1 heterocycles. The molecule has 1 aromatic rings. The number of carbonyl (C=O) groups excluding carboxylic acids is 2. The molecule has 2 N–H and O–H groups in total. The Bertz CT molecular complexity index is 1010. The zero-order valence-electron chi connectivity index (χ0n) is 18.5. The fourth-order valence-electron chi connectivity index (χ4n) is 4.73. The number of halogens is 1. The van der Waals surface area contributed by atoms with Crippen LogP contribution in [-0.4, -0.2) is 17.6 Å². The molecule has 6 nitrogen and oxygen atoms in total. The summed E-state index contributed by atoms with van der Waals surface area (Å²) in [6.07, 6.45) is 2.86. The number of amides is 2. The lowest BCUT2D eigenvalue weighted by molar-refractivity contribution is -0.127. The standard InChI is InChI=1S/C24H27FN4O2S/c1-23(2,3)15-8-10-24(11-9-15)18(12-26)21(31)29-22(19(24)13-27)32-14-20(30)28-17-6-4-16(25)5-7-17/h4-7,15,18H,8-11,14H2,1-3H3,(H,28,30)(H,29,31)/t15?,18-,24?/m1/s1. The minimum atomic E-state index is -0.921. The van der Waals surface area contributed by atoms with E-state index in [4.69, 9.17) is 0 Å². The summed E-state index contributed by atoms with van der Waals surface area (Å²) >= 11 is 1.08. The largest absolute Gasteiger partial charge is 0.325 e. The highest BCUT2D eigenvalue weighted by atomic mass is 32.2. The van der Waals surface area contributed by atoms with Gasteiger partial charge in [0.15, 0.2) is 0 Å². The van der Waals surface area contributed by atoms with E-state index in [0.29, 0.717) is 35.0 Å². The summed E-state index contributed by atoms with van der Waals surface area (Å²) in [5.41, 5.74) is 0.160. The van der Waals surface area contributed by atoms with Gasteiger partial charge >= 0.3 is 0 Å². The van der Waals surface area contributed by atoms with Crippen molar-refractivity contribution in [2.75, 3.05) is 11.1 Å². The van der Waals surface area contributed by atoms with Crippen LogP contribution < -0.4 is 10.6 Å². The Morgan fingerprint density at radius 3 is 2.41 bits per heavy atom. The van der Waals surface area contributed by atoms with Gasteiger partial charge in [0, 0.05) is 11.1 Å². The smallest absolute Gasteiger partial charge is 0.243 e. The first-order valence-corrected chi connectivity index (χ1v) is 11.6. The highest BCUT2D eigenvalue weighted by molar-refractivity contribution is 8.03. The Kier molecular flexibility index (Phi) is 6.95. The molecular weight excluding hydrogens is 427 g/mol. The van der Waals surface area contributed by atoms with Crippen molar-refractivity contribution in [2.45, 2.75) is 46.5 Å². The van der Waals surface area contributed by atoms with Gasteiger partial charge in [0.2, 0.25) is 11.8 Å². The van der Waals surface area contributed by atoms with Crippen LogP contribution in [0.3, 0.4) is 0 Å². The first-order valence-electron chi connectivity index (χ1n) is 10.6. The maximum Gasteiger partial charge on any atom is 0.243 e. The molecule has 32 heavy (non-hydrogen) atoms. The average Bonchev–Trinajstić information content (AvgIpc) is 2.74. The first kappa shape index (κ1) is 23.8. The number of anilines is 1. The lowest BCUT2D eigenvalue weighted by Gasteiger charge is -2.47. The Labute approximate surface area is 192 Å². The van der Waals surface area contributed by atoms with Gasteiger partial charge in [-0.1, -0.05) is 32.5 Å². The van der Waals surface area contributed by atoms with Crippen LogP contribution in [-0.2, 0) is 9.59 Å². The van der Waals surface area contributed by atoms with Gasteiger partial charge in [-0.05, 0) is 61.3 Å². The second-order valence-corrected chi connectivity index (χ2v) is 10.5. The van der Waals surface area contributed by atoms with E-state index in [2.05, 4.69) is 43.5 Å². The van der Waals surface area contributed by atoms with Crippen LogP contribution in [0, 0.1) is 51.1 Å². The number of nitriles is 2. The number of carbonyl (C=O) groups is 2. The molecule has 1 aliphatic heterocycles. The second-order valence-electron chi connectivity index (χ2n) is 9.51. The molecule has 0 saturated heterocycles. The molecule has 1 saturated carbocycles. The van der Waals surface area contributed by atoms with Gasteiger partial charge in [0.1, 0.15) is 11.7 Å². The molecule has 3 rings (SSSR count). The quantitative estimate of drug-likeness (QED) is 0.684. The zero-order chi connectivity index (χ0) is 23.5. The summed E-state index contributed by atoms with van der Waals surface area (Å²) in [7, 11) is 0. The normalized spacial score (nSPS) is 25.6.